The van der Waals surface area contributed by atoms with Gasteiger partial charge < -0.3 is 14.2 Å². The van der Waals surface area contributed by atoms with E-state index in [1.807, 2.05) is 12.1 Å². The predicted molar refractivity (Wildman–Crippen MR) is 118 cm³/mol. The van der Waals surface area contributed by atoms with E-state index in [2.05, 4.69) is 37.7 Å². The van der Waals surface area contributed by atoms with Crippen molar-refractivity contribution in [2.45, 2.75) is 32.7 Å². The van der Waals surface area contributed by atoms with Crippen molar-refractivity contribution in [3.8, 4) is 0 Å². The van der Waals surface area contributed by atoms with Gasteiger partial charge in [-0.25, -0.2) is 0 Å². The monoisotopic (exact) mass is 412 g/mol. The van der Waals surface area contributed by atoms with Crippen LogP contribution in [0.5, 0.6) is 0 Å². The lowest BCUT2D eigenvalue weighted by molar-refractivity contribution is -0.116. The molecule has 0 aliphatic heterocycles. The molecule has 0 fully saturated rings. The first-order valence-corrected chi connectivity index (χ1v) is 10.2. The number of hydrogen-bond donors (Lipinski definition) is 1. The predicted octanol–water partition coefficient (Wildman–Crippen LogP) is 3.58. The van der Waals surface area contributed by atoms with Crippen molar-refractivity contribution in [1.29, 1.82) is 0 Å². The Labute approximate surface area is 174 Å². The molecular weight excluding hydrogens is 386 g/mol. The summed E-state index contributed by atoms with van der Waals surface area (Å²) in [5.74, 6) is -0.230. The van der Waals surface area contributed by atoms with Crippen molar-refractivity contribution in [2.24, 2.45) is 0 Å². The maximum Gasteiger partial charge on any atom is 0.244 e. The average Bonchev–Trinajstić information content (AvgIpc) is 2.69. The van der Waals surface area contributed by atoms with Crippen LogP contribution in [0.4, 0.5) is 5.69 Å². The minimum atomic E-state index is -2.37. The highest BCUT2D eigenvalue weighted by Crippen LogP contribution is 2.23. The van der Waals surface area contributed by atoms with Crippen LogP contribution in [0.1, 0.15) is 43.2 Å². The summed E-state index contributed by atoms with van der Waals surface area (Å²) < 4.78 is 23.4. The molecule has 0 aliphatic carbocycles. The van der Waals surface area contributed by atoms with E-state index in [1.165, 1.54) is 13.1 Å². The second kappa shape index (κ2) is 9.62. The number of carbonyl (C=O) groups is 1. The maximum atomic E-state index is 12.1. The SMILES string of the molecule is C=Cc1cc(CNC(=O)C=Cc2ccc(C(C)(C)C)nc2)ccc1N(C)S(=O)[O-]. The number of benzene rings is 1. The molecule has 1 aromatic carbocycles. The zero-order chi connectivity index (χ0) is 21.6. The Bertz CT molecular complexity index is 931. The van der Waals surface area contributed by atoms with Crippen LogP contribution in [0.2, 0.25) is 0 Å². The maximum absolute atomic E-state index is 12.1. The Morgan fingerprint density at radius 3 is 2.59 bits per heavy atom. The normalized spacial score (nSPS) is 12.6. The van der Waals surface area contributed by atoms with Gasteiger partial charge in [0.2, 0.25) is 5.91 Å². The lowest BCUT2D eigenvalue weighted by Gasteiger charge is -2.23. The molecule has 7 heteroatoms. The summed E-state index contributed by atoms with van der Waals surface area (Å²) in [4.78, 5) is 16.5. The fraction of sp³-hybridized carbons (Fsp3) is 0.273. The summed E-state index contributed by atoms with van der Waals surface area (Å²) in [5.41, 5.74) is 3.86. The summed E-state index contributed by atoms with van der Waals surface area (Å²) in [7, 11) is 1.46. The highest BCUT2D eigenvalue weighted by atomic mass is 32.2. The zero-order valence-corrected chi connectivity index (χ0v) is 18.0. The average molecular weight is 413 g/mol. The summed E-state index contributed by atoms with van der Waals surface area (Å²) in [6, 6.07) is 9.15. The minimum absolute atomic E-state index is 0.0169. The molecule has 2 rings (SSSR count). The van der Waals surface area contributed by atoms with Crippen LogP contribution >= 0.6 is 0 Å². The number of rotatable bonds is 7. The van der Waals surface area contributed by atoms with Gasteiger partial charge >= 0.3 is 0 Å². The van der Waals surface area contributed by atoms with Crippen LogP contribution in [-0.2, 0) is 28.0 Å². The molecule has 0 saturated heterocycles. The number of carbonyl (C=O) groups excluding carboxylic acids is 1. The van der Waals surface area contributed by atoms with E-state index >= 15 is 0 Å². The fourth-order valence-electron chi connectivity index (χ4n) is 2.61. The molecule has 1 aromatic heterocycles. The molecule has 1 unspecified atom stereocenters. The molecule has 1 amide bonds. The molecule has 1 N–H and O–H groups in total. The summed E-state index contributed by atoms with van der Waals surface area (Å²) in [5, 5.41) is 2.81. The van der Waals surface area contributed by atoms with Crippen molar-refractivity contribution in [1.82, 2.24) is 10.3 Å². The Hall–Kier alpha value is -2.77. The number of nitrogens with one attached hydrogen (secondary N) is 1. The van der Waals surface area contributed by atoms with Gasteiger partial charge in [0.05, 0.1) is 5.69 Å². The number of anilines is 1. The van der Waals surface area contributed by atoms with Crippen molar-refractivity contribution in [3.05, 3.63) is 71.6 Å². The van der Waals surface area contributed by atoms with Crippen molar-refractivity contribution < 1.29 is 13.6 Å². The molecule has 6 nitrogen and oxygen atoms in total. The molecule has 0 spiro atoms. The fourth-order valence-corrected chi connectivity index (χ4v) is 2.94. The second-order valence-electron chi connectivity index (χ2n) is 7.59. The van der Waals surface area contributed by atoms with Gasteiger partial charge in [-0.05, 0) is 41.0 Å². The molecule has 0 radical (unpaired) electrons. The van der Waals surface area contributed by atoms with E-state index < -0.39 is 11.3 Å². The summed E-state index contributed by atoms with van der Waals surface area (Å²) >= 11 is -2.37. The van der Waals surface area contributed by atoms with Gasteiger partial charge in [0.15, 0.2) is 0 Å². The first-order chi connectivity index (χ1) is 13.6. The number of pyridine rings is 1. The molecule has 0 aliphatic rings. The van der Waals surface area contributed by atoms with Gasteiger partial charge in [0, 0.05) is 48.2 Å². The number of aromatic nitrogens is 1. The Morgan fingerprint density at radius 1 is 1.31 bits per heavy atom. The van der Waals surface area contributed by atoms with Gasteiger partial charge in [-0.2, -0.15) is 0 Å². The first kappa shape index (κ1) is 22.5. The highest BCUT2D eigenvalue weighted by Gasteiger charge is 2.14. The van der Waals surface area contributed by atoms with Crippen LogP contribution in [0, 0.1) is 0 Å². The number of nitrogens with zero attached hydrogens (tertiary/aromatic N) is 2. The van der Waals surface area contributed by atoms with Gasteiger partial charge in [-0.15, -0.1) is 0 Å². The molecule has 1 heterocycles. The smallest absolute Gasteiger partial charge is 0.244 e. The number of amides is 1. The standard InChI is InChI=1S/C22H27N3O3S/c1-6-18-13-17(7-10-19(18)25(5)29(27)28)15-24-21(26)12-9-16-8-11-20(23-14-16)22(2,3)4/h6-14H,1,15H2,2-5H3,(H,24,26)(H,27,28)/p-1. The van der Waals surface area contributed by atoms with Gasteiger partial charge in [0.1, 0.15) is 0 Å². The largest absolute Gasteiger partial charge is 0.755 e. The lowest BCUT2D eigenvalue weighted by Crippen LogP contribution is -2.22. The summed E-state index contributed by atoms with van der Waals surface area (Å²) in [6.07, 6.45) is 6.50. The molecule has 154 valence electrons. The number of hydrogen-bond acceptors (Lipinski definition) is 4. The van der Waals surface area contributed by atoms with E-state index in [-0.39, 0.29) is 11.3 Å². The quantitative estimate of drug-likeness (QED) is 0.556. The third-order valence-electron chi connectivity index (χ3n) is 4.32. The molecule has 0 saturated carbocycles. The Morgan fingerprint density at radius 2 is 2.03 bits per heavy atom. The molecule has 0 bridgehead atoms. The van der Waals surface area contributed by atoms with Crippen LogP contribution in [0.3, 0.4) is 0 Å². The minimum Gasteiger partial charge on any atom is -0.755 e. The molecule has 1 atom stereocenters. The Balaban J connectivity index is 1.99. The lowest BCUT2D eigenvalue weighted by atomic mass is 9.91. The highest BCUT2D eigenvalue weighted by molar-refractivity contribution is 7.80. The van der Waals surface area contributed by atoms with Crippen molar-refractivity contribution in [2.75, 3.05) is 11.4 Å². The first-order valence-electron chi connectivity index (χ1n) is 9.12. The molecular formula is C22H26N3O3S-. The second-order valence-corrected chi connectivity index (χ2v) is 8.57. The third-order valence-corrected chi connectivity index (χ3v) is 4.97. The molecule has 2 aromatic rings. The van der Waals surface area contributed by atoms with Gasteiger partial charge in [-0.1, -0.05) is 45.6 Å². The van der Waals surface area contributed by atoms with Gasteiger partial charge in [-0.3, -0.25) is 14.0 Å². The van der Waals surface area contributed by atoms with E-state index in [0.29, 0.717) is 17.8 Å². The van der Waals surface area contributed by atoms with Crippen molar-refractivity contribution >= 4 is 35.0 Å². The van der Waals surface area contributed by atoms with Crippen LogP contribution < -0.4 is 9.62 Å². The van der Waals surface area contributed by atoms with E-state index in [9.17, 15) is 13.6 Å². The van der Waals surface area contributed by atoms with E-state index in [4.69, 9.17) is 0 Å². The Kier molecular flexibility index (Phi) is 7.47. The topological polar surface area (TPSA) is 85.4 Å². The zero-order valence-electron chi connectivity index (χ0n) is 17.1. The molecule has 29 heavy (non-hydrogen) atoms. The van der Waals surface area contributed by atoms with Gasteiger partial charge in [0.25, 0.3) is 0 Å². The third kappa shape index (κ3) is 6.37. The van der Waals surface area contributed by atoms with E-state index in [1.54, 1.807) is 36.5 Å². The van der Waals surface area contributed by atoms with Crippen LogP contribution in [-0.4, -0.2) is 26.7 Å². The van der Waals surface area contributed by atoms with Crippen LogP contribution in [0.25, 0.3) is 12.2 Å². The summed E-state index contributed by atoms with van der Waals surface area (Å²) in [6.45, 7) is 10.3. The van der Waals surface area contributed by atoms with Crippen molar-refractivity contribution in [3.63, 3.8) is 0 Å². The van der Waals surface area contributed by atoms with Crippen LogP contribution in [0.15, 0.2) is 49.2 Å². The van der Waals surface area contributed by atoms with E-state index in [0.717, 1.165) is 21.1 Å².